The fourth-order valence-corrected chi connectivity index (χ4v) is 4.73. The minimum Gasteiger partial charge on any atom is -0.302 e. The molecule has 0 radical (unpaired) electrons. The number of thiocarbonyl (C=S) groups is 1. The number of carbonyl (C=O) groups excluding carboxylic acids is 2. The Bertz CT molecular complexity index is 893. The lowest BCUT2D eigenvalue weighted by Crippen LogP contribution is -2.29. The number of carbonyl (C=O) groups is 2. The number of hydrogen-bond donors (Lipinski definition) is 1. The fraction of sp³-hybridized carbons (Fsp3) is 0.300. The zero-order valence-corrected chi connectivity index (χ0v) is 18.0. The minimum atomic E-state index is -0.0317. The number of nitrogens with one attached hydrogen (secondary N) is 1. The number of nitrogens with zero attached hydrogens (tertiary/aromatic N) is 2. The highest BCUT2D eigenvalue weighted by Gasteiger charge is 2.31. The normalized spacial score (nSPS) is 15.5. The zero-order valence-electron chi connectivity index (χ0n) is 15.5. The molecule has 2 heterocycles. The van der Waals surface area contributed by atoms with Crippen molar-refractivity contribution in [3.63, 3.8) is 0 Å². The summed E-state index contributed by atoms with van der Waals surface area (Å²) in [6.07, 6.45) is 4.77. The third-order valence-electron chi connectivity index (χ3n) is 4.12. The summed E-state index contributed by atoms with van der Waals surface area (Å²) < 4.78 is 0.601. The summed E-state index contributed by atoms with van der Waals surface area (Å²) in [5.41, 5.74) is 1.90. The zero-order chi connectivity index (χ0) is 19.9. The molecule has 0 bridgehead atoms. The van der Waals surface area contributed by atoms with Gasteiger partial charge in [0.05, 0.1) is 10.6 Å². The van der Waals surface area contributed by atoms with Crippen LogP contribution in [0.1, 0.15) is 36.9 Å². The Labute approximate surface area is 178 Å². The molecule has 1 aromatic carbocycles. The third-order valence-corrected chi connectivity index (χ3v) is 6.38. The molecule has 1 aromatic heterocycles. The maximum Gasteiger partial charge on any atom is 0.266 e. The number of thiazole rings is 1. The molecule has 0 atom stereocenters. The van der Waals surface area contributed by atoms with Crippen LogP contribution in [-0.4, -0.2) is 32.6 Å². The average Bonchev–Trinajstić information content (AvgIpc) is 3.19. The quantitative estimate of drug-likeness (QED) is 0.368. The van der Waals surface area contributed by atoms with Gasteiger partial charge in [-0.1, -0.05) is 60.7 Å². The van der Waals surface area contributed by atoms with E-state index >= 15 is 0 Å². The van der Waals surface area contributed by atoms with E-state index in [-0.39, 0.29) is 11.8 Å². The number of amides is 2. The highest BCUT2D eigenvalue weighted by Crippen LogP contribution is 2.32. The van der Waals surface area contributed by atoms with Crippen molar-refractivity contribution in [2.24, 2.45) is 0 Å². The first kappa shape index (κ1) is 20.7. The molecule has 3 rings (SSSR count). The van der Waals surface area contributed by atoms with Crippen molar-refractivity contribution in [3.05, 3.63) is 51.9 Å². The molecule has 1 aliphatic rings. The molecule has 1 N–H and O–H groups in total. The largest absolute Gasteiger partial charge is 0.302 e. The molecule has 28 heavy (non-hydrogen) atoms. The summed E-state index contributed by atoms with van der Waals surface area (Å²) in [6.45, 7) is 2.49. The first-order valence-electron chi connectivity index (χ1n) is 9.05. The van der Waals surface area contributed by atoms with Gasteiger partial charge in [0.2, 0.25) is 5.91 Å². The second kappa shape index (κ2) is 9.95. The van der Waals surface area contributed by atoms with Crippen LogP contribution >= 0.6 is 35.3 Å². The van der Waals surface area contributed by atoms with E-state index in [9.17, 15) is 9.59 Å². The van der Waals surface area contributed by atoms with Gasteiger partial charge < -0.3 is 5.32 Å². The van der Waals surface area contributed by atoms with E-state index < -0.39 is 0 Å². The van der Waals surface area contributed by atoms with E-state index in [1.807, 2.05) is 48.7 Å². The Morgan fingerprint density at radius 1 is 1.25 bits per heavy atom. The van der Waals surface area contributed by atoms with Gasteiger partial charge in [-0.25, -0.2) is 4.98 Å². The number of unbranched alkanes of at least 4 members (excludes halogenated alkanes) is 2. The van der Waals surface area contributed by atoms with Crippen molar-refractivity contribution < 1.29 is 9.59 Å². The Morgan fingerprint density at radius 2 is 2.04 bits per heavy atom. The van der Waals surface area contributed by atoms with Crippen LogP contribution in [0.2, 0.25) is 0 Å². The van der Waals surface area contributed by atoms with E-state index in [1.54, 1.807) is 4.90 Å². The summed E-state index contributed by atoms with van der Waals surface area (Å²) in [5, 5.41) is 5.36. The van der Waals surface area contributed by atoms with Crippen molar-refractivity contribution in [1.82, 2.24) is 9.88 Å². The Balaban J connectivity index is 1.40. The van der Waals surface area contributed by atoms with Crippen LogP contribution in [0.5, 0.6) is 0 Å². The molecule has 1 aliphatic heterocycles. The number of rotatable bonds is 8. The van der Waals surface area contributed by atoms with Crippen molar-refractivity contribution in [2.45, 2.75) is 32.6 Å². The van der Waals surface area contributed by atoms with Gasteiger partial charge in [-0.2, -0.15) is 0 Å². The summed E-state index contributed by atoms with van der Waals surface area (Å²) in [5.74, 6) is -0.0542. The first-order valence-corrected chi connectivity index (χ1v) is 11.2. The molecule has 8 heteroatoms. The molecule has 0 aliphatic carbocycles. The maximum absolute atomic E-state index is 12.6. The van der Waals surface area contributed by atoms with Gasteiger partial charge in [0.25, 0.3) is 5.91 Å². The summed E-state index contributed by atoms with van der Waals surface area (Å²) >= 11 is 8.14. The first-order chi connectivity index (χ1) is 13.5. The van der Waals surface area contributed by atoms with E-state index in [0.29, 0.717) is 27.3 Å². The van der Waals surface area contributed by atoms with Gasteiger partial charge >= 0.3 is 0 Å². The summed E-state index contributed by atoms with van der Waals surface area (Å²) in [4.78, 5) is 31.0. The Kier molecular flexibility index (Phi) is 7.36. The van der Waals surface area contributed by atoms with Gasteiger partial charge in [-0.05, 0) is 31.4 Å². The van der Waals surface area contributed by atoms with E-state index in [4.69, 9.17) is 12.2 Å². The van der Waals surface area contributed by atoms with Crippen LogP contribution in [0.25, 0.3) is 6.08 Å². The molecule has 0 spiro atoms. The van der Waals surface area contributed by atoms with Crippen LogP contribution in [0.15, 0.2) is 40.6 Å². The molecule has 1 saturated heterocycles. The molecular weight excluding hydrogens is 410 g/mol. The second-order valence-corrected chi connectivity index (χ2v) is 8.93. The lowest BCUT2D eigenvalue weighted by Gasteiger charge is -2.14. The Hall–Kier alpha value is -2.03. The molecule has 0 unspecified atom stereocenters. The Morgan fingerprint density at radius 3 is 2.75 bits per heavy atom. The van der Waals surface area contributed by atoms with Crippen molar-refractivity contribution in [1.29, 1.82) is 0 Å². The van der Waals surface area contributed by atoms with E-state index in [2.05, 4.69) is 10.3 Å². The van der Waals surface area contributed by atoms with Crippen molar-refractivity contribution in [2.75, 3.05) is 11.9 Å². The summed E-state index contributed by atoms with van der Waals surface area (Å²) in [7, 11) is 0. The number of thioether (sulfide) groups is 1. The molecule has 5 nitrogen and oxygen atoms in total. The van der Waals surface area contributed by atoms with Crippen LogP contribution in [0, 0.1) is 6.92 Å². The number of aryl methyl sites for hydroxylation is 1. The third kappa shape index (κ3) is 5.73. The second-order valence-electron chi connectivity index (χ2n) is 6.40. The number of anilines is 1. The molecular formula is C20H21N3O2S3. The van der Waals surface area contributed by atoms with Gasteiger partial charge in [0.1, 0.15) is 4.32 Å². The average molecular weight is 432 g/mol. The molecule has 146 valence electrons. The van der Waals surface area contributed by atoms with Crippen LogP contribution in [0.3, 0.4) is 0 Å². The van der Waals surface area contributed by atoms with Crippen molar-refractivity contribution in [3.8, 4) is 0 Å². The van der Waals surface area contributed by atoms with Gasteiger partial charge in [0.15, 0.2) is 5.13 Å². The minimum absolute atomic E-state index is 0.0224. The van der Waals surface area contributed by atoms with E-state index in [0.717, 1.165) is 30.5 Å². The lowest BCUT2D eigenvalue weighted by molar-refractivity contribution is -0.122. The predicted octanol–water partition coefficient (Wildman–Crippen LogP) is 4.85. The topological polar surface area (TPSA) is 62.3 Å². The fourth-order valence-electron chi connectivity index (χ4n) is 2.72. The number of hydrogen-bond acceptors (Lipinski definition) is 6. The maximum atomic E-state index is 12.6. The van der Waals surface area contributed by atoms with Crippen molar-refractivity contribution >= 4 is 62.7 Å². The summed E-state index contributed by atoms with van der Waals surface area (Å²) in [6, 6.07) is 9.76. The van der Waals surface area contributed by atoms with Crippen LogP contribution in [-0.2, 0) is 9.59 Å². The lowest BCUT2D eigenvalue weighted by atomic mass is 10.2. The van der Waals surface area contributed by atoms with Crippen LogP contribution < -0.4 is 5.32 Å². The highest BCUT2D eigenvalue weighted by atomic mass is 32.2. The molecule has 2 amide bonds. The predicted molar refractivity (Wildman–Crippen MR) is 120 cm³/mol. The molecule has 0 saturated carbocycles. The SMILES string of the molecule is Cc1csc(NC(=O)CCCCCN2C(=O)/C(=C/c3ccccc3)SC2=S)n1. The van der Waals surface area contributed by atoms with Crippen LogP contribution in [0.4, 0.5) is 5.13 Å². The number of benzene rings is 1. The van der Waals surface area contributed by atoms with Gasteiger partial charge in [-0.3, -0.25) is 14.5 Å². The van der Waals surface area contributed by atoms with Gasteiger partial charge in [0, 0.05) is 18.3 Å². The smallest absolute Gasteiger partial charge is 0.266 e. The number of aromatic nitrogens is 1. The molecule has 1 fully saturated rings. The molecule has 2 aromatic rings. The standard InChI is InChI=1S/C20H21N3O2S3/c1-14-13-27-19(21-14)22-17(24)10-6-3-7-11-23-18(25)16(28-20(23)26)12-15-8-4-2-5-9-15/h2,4-5,8-9,12-13H,3,6-7,10-11H2,1H3,(H,21,22,24)/b16-12-. The van der Waals surface area contributed by atoms with E-state index in [1.165, 1.54) is 23.1 Å². The highest BCUT2D eigenvalue weighted by molar-refractivity contribution is 8.26. The van der Waals surface area contributed by atoms with Gasteiger partial charge in [-0.15, -0.1) is 11.3 Å². The monoisotopic (exact) mass is 431 g/mol.